The van der Waals surface area contributed by atoms with Gasteiger partial charge in [-0.25, -0.2) is 0 Å². The molecule has 0 aromatic carbocycles. The minimum Gasteiger partial charge on any atom is -0.0847 e. The van der Waals surface area contributed by atoms with Crippen LogP contribution in [0.25, 0.3) is 0 Å². The van der Waals surface area contributed by atoms with Crippen LogP contribution in [0.15, 0.2) is 22.8 Å². The van der Waals surface area contributed by atoms with Crippen LogP contribution in [0.3, 0.4) is 0 Å². The van der Waals surface area contributed by atoms with Crippen molar-refractivity contribution in [1.82, 2.24) is 0 Å². The van der Waals surface area contributed by atoms with E-state index in [0.29, 0.717) is 17.8 Å². The number of hydrogen-bond donors (Lipinski definition) is 0. The van der Waals surface area contributed by atoms with Crippen LogP contribution in [-0.4, -0.2) is 0 Å². The standard InChI is InChI=1S/C12H19Cl/c1-5-11-9(4)6-10(13)7-12(11)8(2)3/h6-9,11H,5H2,1-4H3. The summed E-state index contributed by atoms with van der Waals surface area (Å²) in [6, 6.07) is 0. The van der Waals surface area contributed by atoms with E-state index >= 15 is 0 Å². The molecule has 0 aromatic heterocycles. The second-order valence-electron chi connectivity index (χ2n) is 4.22. The molecule has 0 N–H and O–H groups in total. The van der Waals surface area contributed by atoms with Gasteiger partial charge >= 0.3 is 0 Å². The van der Waals surface area contributed by atoms with E-state index in [9.17, 15) is 0 Å². The molecule has 0 radical (unpaired) electrons. The molecule has 0 aliphatic heterocycles. The first kappa shape index (κ1) is 10.8. The smallest absolute Gasteiger partial charge is 0.0368 e. The van der Waals surface area contributed by atoms with E-state index < -0.39 is 0 Å². The summed E-state index contributed by atoms with van der Waals surface area (Å²) in [7, 11) is 0. The van der Waals surface area contributed by atoms with Crippen molar-refractivity contribution in [2.45, 2.75) is 34.1 Å². The van der Waals surface area contributed by atoms with Crippen molar-refractivity contribution < 1.29 is 0 Å². The monoisotopic (exact) mass is 198 g/mol. The number of hydrogen-bond acceptors (Lipinski definition) is 0. The van der Waals surface area contributed by atoms with E-state index in [-0.39, 0.29) is 0 Å². The molecular weight excluding hydrogens is 180 g/mol. The van der Waals surface area contributed by atoms with Crippen LogP contribution in [0.1, 0.15) is 34.1 Å². The maximum atomic E-state index is 6.06. The predicted octanol–water partition coefficient (Wildman–Crippen LogP) is 4.37. The molecule has 0 heterocycles. The highest BCUT2D eigenvalue weighted by Gasteiger charge is 2.23. The van der Waals surface area contributed by atoms with Crippen molar-refractivity contribution in [1.29, 1.82) is 0 Å². The molecule has 0 saturated carbocycles. The molecule has 2 atom stereocenters. The Morgan fingerprint density at radius 1 is 1.46 bits per heavy atom. The summed E-state index contributed by atoms with van der Waals surface area (Å²) >= 11 is 6.06. The van der Waals surface area contributed by atoms with Gasteiger partial charge in [-0.15, -0.1) is 0 Å². The van der Waals surface area contributed by atoms with Gasteiger partial charge in [0.25, 0.3) is 0 Å². The van der Waals surface area contributed by atoms with Crippen molar-refractivity contribution in [3.05, 3.63) is 22.8 Å². The Morgan fingerprint density at radius 2 is 2.08 bits per heavy atom. The highest BCUT2D eigenvalue weighted by molar-refractivity contribution is 6.31. The van der Waals surface area contributed by atoms with Gasteiger partial charge in [-0.2, -0.15) is 0 Å². The fourth-order valence-corrected chi connectivity index (χ4v) is 2.51. The van der Waals surface area contributed by atoms with E-state index in [1.807, 2.05) is 0 Å². The Balaban J connectivity index is 2.93. The molecule has 1 aliphatic carbocycles. The van der Waals surface area contributed by atoms with Crippen LogP contribution in [0.2, 0.25) is 0 Å². The van der Waals surface area contributed by atoms with Crippen LogP contribution < -0.4 is 0 Å². The Labute approximate surface area is 86.7 Å². The van der Waals surface area contributed by atoms with Crippen molar-refractivity contribution >= 4 is 11.6 Å². The number of halogens is 1. The lowest BCUT2D eigenvalue weighted by molar-refractivity contribution is 0.427. The third-order valence-electron chi connectivity index (χ3n) is 2.90. The summed E-state index contributed by atoms with van der Waals surface area (Å²) in [5, 5.41) is 0.918. The molecule has 1 heteroatoms. The zero-order valence-electron chi connectivity index (χ0n) is 8.97. The van der Waals surface area contributed by atoms with Crippen LogP contribution in [-0.2, 0) is 0 Å². The maximum Gasteiger partial charge on any atom is 0.0368 e. The molecule has 1 rings (SSSR count). The fraction of sp³-hybridized carbons (Fsp3) is 0.667. The number of allylic oxidation sites excluding steroid dienone is 4. The van der Waals surface area contributed by atoms with E-state index in [4.69, 9.17) is 11.6 Å². The summed E-state index contributed by atoms with van der Waals surface area (Å²) in [4.78, 5) is 0. The lowest BCUT2D eigenvalue weighted by Gasteiger charge is -2.29. The second-order valence-corrected chi connectivity index (χ2v) is 4.66. The predicted molar refractivity (Wildman–Crippen MR) is 59.8 cm³/mol. The minimum absolute atomic E-state index is 0.597. The van der Waals surface area contributed by atoms with Crippen molar-refractivity contribution in [3.8, 4) is 0 Å². The van der Waals surface area contributed by atoms with E-state index in [0.717, 1.165) is 5.03 Å². The Morgan fingerprint density at radius 3 is 2.54 bits per heavy atom. The summed E-state index contributed by atoms with van der Waals surface area (Å²) in [6.07, 6.45) is 5.54. The van der Waals surface area contributed by atoms with Crippen LogP contribution >= 0.6 is 11.6 Å². The normalized spacial score (nSPS) is 28.8. The van der Waals surface area contributed by atoms with Crippen LogP contribution in [0, 0.1) is 17.8 Å². The SMILES string of the molecule is CCC1C(C(C)C)=CC(Cl)=CC1C. The zero-order chi connectivity index (χ0) is 10.0. The third-order valence-corrected chi connectivity index (χ3v) is 3.13. The first-order valence-electron chi connectivity index (χ1n) is 5.15. The van der Waals surface area contributed by atoms with Gasteiger partial charge in [0, 0.05) is 5.03 Å². The molecule has 2 unspecified atom stereocenters. The van der Waals surface area contributed by atoms with Gasteiger partial charge in [-0.1, -0.05) is 50.9 Å². The molecule has 0 spiro atoms. The minimum atomic E-state index is 0.597. The topological polar surface area (TPSA) is 0 Å². The molecular formula is C12H19Cl. The lowest BCUT2D eigenvalue weighted by atomic mass is 9.77. The Bertz CT molecular complexity index is 236. The summed E-state index contributed by atoms with van der Waals surface area (Å²) < 4.78 is 0. The maximum absolute atomic E-state index is 6.06. The summed E-state index contributed by atoms with van der Waals surface area (Å²) in [5.41, 5.74) is 1.52. The summed E-state index contributed by atoms with van der Waals surface area (Å²) in [5.74, 6) is 1.91. The highest BCUT2D eigenvalue weighted by atomic mass is 35.5. The average Bonchev–Trinajstić information content (AvgIpc) is 2.02. The summed E-state index contributed by atoms with van der Waals surface area (Å²) in [6.45, 7) is 9.00. The molecule has 1 aliphatic rings. The van der Waals surface area contributed by atoms with Crippen LogP contribution in [0.5, 0.6) is 0 Å². The second kappa shape index (κ2) is 4.32. The molecule has 0 nitrogen and oxygen atoms in total. The first-order chi connectivity index (χ1) is 6.06. The van der Waals surface area contributed by atoms with Gasteiger partial charge in [-0.05, 0) is 30.3 Å². The molecule has 0 amide bonds. The third kappa shape index (κ3) is 2.37. The molecule has 13 heavy (non-hydrogen) atoms. The van der Waals surface area contributed by atoms with Crippen molar-refractivity contribution in [2.75, 3.05) is 0 Å². The zero-order valence-corrected chi connectivity index (χ0v) is 9.73. The Kier molecular flexibility index (Phi) is 3.61. The van der Waals surface area contributed by atoms with Gasteiger partial charge < -0.3 is 0 Å². The van der Waals surface area contributed by atoms with Gasteiger partial charge in [0.05, 0.1) is 0 Å². The van der Waals surface area contributed by atoms with E-state index in [1.54, 1.807) is 0 Å². The fourth-order valence-electron chi connectivity index (χ4n) is 2.19. The van der Waals surface area contributed by atoms with Crippen molar-refractivity contribution in [2.24, 2.45) is 17.8 Å². The van der Waals surface area contributed by atoms with Gasteiger partial charge in [-0.3, -0.25) is 0 Å². The largest absolute Gasteiger partial charge is 0.0847 e. The van der Waals surface area contributed by atoms with E-state index in [1.165, 1.54) is 12.0 Å². The van der Waals surface area contributed by atoms with Gasteiger partial charge in [0.15, 0.2) is 0 Å². The quantitative estimate of drug-likeness (QED) is 0.618. The molecule has 0 fully saturated rings. The van der Waals surface area contributed by atoms with E-state index in [2.05, 4.69) is 39.8 Å². The van der Waals surface area contributed by atoms with Crippen LogP contribution in [0.4, 0.5) is 0 Å². The first-order valence-corrected chi connectivity index (χ1v) is 5.52. The average molecular weight is 199 g/mol. The van der Waals surface area contributed by atoms with Crippen molar-refractivity contribution in [3.63, 3.8) is 0 Å². The Hall–Kier alpha value is -0.230. The van der Waals surface area contributed by atoms with Gasteiger partial charge in [0.2, 0.25) is 0 Å². The number of rotatable bonds is 2. The molecule has 0 aromatic rings. The molecule has 0 bridgehead atoms. The van der Waals surface area contributed by atoms with Gasteiger partial charge in [0.1, 0.15) is 0 Å². The molecule has 74 valence electrons. The highest BCUT2D eigenvalue weighted by Crippen LogP contribution is 2.36. The lowest BCUT2D eigenvalue weighted by Crippen LogP contribution is -2.18. The molecule has 0 saturated heterocycles.